The van der Waals surface area contributed by atoms with Gasteiger partial charge in [0.1, 0.15) is 5.75 Å². The van der Waals surface area contributed by atoms with Crippen LogP contribution in [-0.2, 0) is 9.53 Å². The molecule has 0 N–H and O–H groups in total. The summed E-state index contributed by atoms with van der Waals surface area (Å²) in [6, 6.07) is 13.3. The molecule has 0 fully saturated rings. The summed E-state index contributed by atoms with van der Waals surface area (Å²) >= 11 is 3.56. The Balaban J connectivity index is 1.96. The van der Waals surface area contributed by atoms with Gasteiger partial charge in [0.2, 0.25) is 0 Å². The zero-order chi connectivity index (χ0) is 26.7. The van der Waals surface area contributed by atoms with Crippen LogP contribution < -0.4 is 19.6 Å². The van der Waals surface area contributed by atoms with E-state index in [4.69, 9.17) is 14.5 Å². The number of nitrogens with zero attached hydrogens (tertiary/aromatic N) is 2. The maximum Gasteiger partial charge on any atom is 0.338 e. The third-order valence-corrected chi connectivity index (χ3v) is 8.11. The number of carbonyl (C=O) groups is 1. The molecule has 0 aliphatic carbocycles. The molecule has 0 saturated carbocycles. The molecule has 0 radical (unpaired) electrons. The number of allylic oxidation sites excluding steroid dienone is 1. The van der Waals surface area contributed by atoms with Crippen molar-refractivity contribution >= 4 is 46.0 Å². The van der Waals surface area contributed by atoms with Gasteiger partial charge in [-0.15, -0.1) is 0 Å². The molecule has 0 unspecified atom stereocenters. The first kappa shape index (κ1) is 27.3. The number of hydrogen-bond donors (Lipinski definition) is 0. The SMILES string of the molecule is CCCC1=C(C(=O)OCC)[C@H](c2ccc(C(C)C)cc2)n2c(s/c(=C/c3ccc(OC)c(I)c3)c2=O)=N1. The number of fused-ring (bicyclic) bond motifs is 1. The Hall–Kier alpha value is -2.72. The molecule has 2 aromatic carbocycles. The zero-order valence-electron chi connectivity index (χ0n) is 21.7. The zero-order valence-corrected chi connectivity index (χ0v) is 24.7. The van der Waals surface area contributed by atoms with E-state index in [1.54, 1.807) is 18.6 Å². The number of hydrogen-bond acceptors (Lipinski definition) is 6. The minimum Gasteiger partial charge on any atom is -0.496 e. The van der Waals surface area contributed by atoms with Gasteiger partial charge < -0.3 is 9.47 Å². The summed E-state index contributed by atoms with van der Waals surface area (Å²) in [6.07, 6.45) is 3.31. The molecule has 6 nitrogen and oxygen atoms in total. The van der Waals surface area contributed by atoms with Crippen LogP contribution in [0.15, 0.2) is 63.5 Å². The molecule has 0 amide bonds. The van der Waals surface area contributed by atoms with Crippen molar-refractivity contribution in [1.29, 1.82) is 0 Å². The number of methoxy groups -OCH3 is 1. The maximum absolute atomic E-state index is 13.9. The molecule has 1 atom stereocenters. The summed E-state index contributed by atoms with van der Waals surface area (Å²) in [7, 11) is 1.64. The van der Waals surface area contributed by atoms with E-state index in [2.05, 4.69) is 55.5 Å². The Morgan fingerprint density at radius 1 is 1.19 bits per heavy atom. The molecule has 8 heteroatoms. The van der Waals surface area contributed by atoms with Gasteiger partial charge in [-0.05, 0) is 76.8 Å². The lowest BCUT2D eigenvalue weighted by atomic mass is 9.92. The summed E-state index contributed by atoms with van der Waals surface area (Å²) in [5, 5.41) is 0. The van der Waals surface area contributed by atoms with E-state index in [1.165, 1.54) is 16.9 Å². The van der Waals surface area contributed by atoms with Gasteiger partial charge in [0.05, 0.1) is 39.1 Å². The van der Waals surface area contributed by atoms with E-state index in [0.29, 0.717) is 32.9 Å². The number of esters is 1. The van der Waals surface area contributed by atoms with Gasteiger partial charge in [-0.25, -0.2) is 9.79 Å². The largest absolute Gasteiger partial charge is 0.496 e. The first-order valence-corrected chi connectivity index (χ1v) is 14.3. The number of halogens is 1. The molecule has 1 aliphatic rings. The first-order valence-electron chi connectivity index (χ1n) is 12.4. The van der Waals surface area contributed by atoms with Crippen LogP contribution in [0.4, 0.5) is 0 Å². The second kappa shape index (κ2) is 11.8. The third-order valence-electron chi connectivity index (χ3n) is 6.28. The monoisotopic (exact) mass is 630 g/mol. The van der Waals surface area contributed by atoms with Crippen molar-refractivity contribution in [3.8, 4) is 5.75 Å². The number of rotatable bonds is 8. The lowest BCUT2D eigenvalue weighted by molar-refractivity contribution is -0.139. The van der Waals surface area contributed by atoms with E-state index in [9.17, 15) is 9.59 Å². The second-order valence-electron chi connectivity index (χ2n) is 9.13. The van der Waals surface area contributed by atoms with Crippen molar-refractivity contribution in [2.75, 3.05) is 13.7 Å². The number of carbonyl (C=O) groups excluding carboxylic acids is 1. The van der Waals surface area contributed by atoms with Gasteiger partial charge >= 0.3 is 5.97 Å². The standard InChI is InChI=1S/C29H31IN2O4S/c1-6-8-22-25(28(34)36-7-2)26(20-12-10-19(11-13-20)17(3)4)32-27(33)24(37-29(32)31-22)16-18-9-14-23(35-5)21(30)15-18/h9-17,26H,6-8H2,1-5H3/b24-16+/t26-/m0/s1. The van der Waals surface area contributed by atoms with Crippen molar-refractivity contribution in [3.63, 3.8) is 0 Å². The molecule has 3 aromatic rings. The molecule has 1 aliphatic heterocycles. The predicted octanol–water partition coefficient (Wildman–Crippen LogP) is 5.32. The fourth-order valence-electron chi connectivity index (χ4n) is 4.42. The van der Waals surface area contributed by atoms with Crippen LogP contribution in [0.3, 0.4) is 0 Å². The van der Waals surface area contributed by atoms with Crippen molar-refractivity contribution in [1.82, 2.24) is 4.57 Å². The van der Waals surface area contributed by atoms with Crippen LogP contribution >= 0.6 is 33.9 Å². The van der Waals surface area contributed by atoms with Gasteiger partial charge in [0, 0.05) is 0 Å². The minimum absolute atomic E-state index is 0.176. The molecule has 194 valence electrons. The smallest absolute Gasteiger partial charge is 0.338 e. The average Bonchev–Trinajstić information content (AvgIpc) is 3.18. The Morgan fingerprint density at radius 3 is 2.51 bits per heavy atom. The van der Waals surface area contributed by atoms with E-state index >= 15 is 0 Å². The lowest BCUT2D eigenvalue weighted by Gasteiger charge is -2.26. The Morgan fingerprint density at radius 2 is 1.92 bits per heavy atom. The topological polar surface area (TPSA) is 69.9 Å². The molecule has 37 heavy (non-hydrogen) atoms. The van der Waals surface area contributed by atoms with Gasteiger partial charge in [-0.3, -0.25) is 9.36 Å². The highest BCUT2D eigenvalue weighted by atomic mass is 127. The van der Waals surface area contributed by atoms with E-state index in [-0.39, 0.29) is 12.2 Å². The van der Waals surface area contributed by atoms with Gasteiger partial charge in [0.15, 0.2) is 4.80 Å². The van der Waals surface area contributed by atoms with Crippen LogP contribution in [0, 0.1) is 3.57 Å². The molecule has 0 spiro atoms. The van der Waals surface area contributed by atoms with Gasteiger partial charge in [0.25, 0.3) is 5.56 Å². The van der Waals surface area contributed by atoms with Crippen LogP contribution in [0.5, 0.6) is 5.75 Å². The van der Waals surface area contributed by atoms with E-state index in [1.807, 2.05) is 36.4 Å². The van der Waals surface area contributed by atoms with E-state index < -0.39 is 12.0 Å². The van der Waals surface area contributed by atoms with Gasteiger partial charge in [-0.2, -0.15) is 0 Å². The highest BCUT2D eigenvalue weighted by Gasteiger charge is 2.34. The molecular weight excluding hydrogens is 599 g/mol. The number of aromatic nitrogens is 1. The Labute approximate surface area is 234 Å². The molecular formula is C29H31IN2O4S. The lowest BCUT2D eigenvalue weighted by Crippen LogP contribution is -2.40. The molecule has 4 rings (SSSR count). The number of ether oxygens (including phenoxy) is 2. The molecule has 2 heterocycles. The van der Waals surface area contributed by atoms with Crippen molar-refractivity contribution < 1.29 is 14.3 Å². The summed E-state index contributed by atoms with van der Waals surface area (Å²) in [5.41, 5.74) is 3.91. The summed E-state index contributed by atoms with van der Waals surface area (Å²) in [4.78, 5) is 32.6. The van der Waals surface area contributed by atoms with Crippen LogP contribution in [0.1, 0.15) is 69.2 Å². The fraction of sp³-hybridized carbons (Fsp3) is 0.345. The highest BCUT2D eigenvalue weighted by molar-refractivity contribution is 14.1. The summed E-state index contributed by atoms with van der Waals surface area (Å²) < 4.78 is 14.0. The molecule has 0 saturated heterocycles. The van der Waals surface area contributed by atoms with Crippen LogP contribution in [0.25, 0.3) is 6.08 Å². The summed E-state index contributed by atoms with van der Waals surface area (Å²) in [6.45, 7) is 8.37. The van der Waals surface area contributed by atoms with Crippen LogP contribution in [-0.4, -0.2) is 24.3 Å². The van der Waals surface area contributed by atoms with Crippen molar-refractivity contribution in [3.05, 3.63) is 93.7 Å². The summed E-state index contributed by atoms with van der Waals surface area (Å²) in [5.74, 6) is 0.734. The van der Waals surface area contributed by atoms with Crippen molar-refractivity contribution in [2.45, 2.75) is 52.5 Å². The Kier molecular flexibility index (Phi) is 8.69. The number of thiazole rings is 1. The maximum atomic E-state index is 13.9. The average molecular weight is 631 g/mol. The predicted molar refractivity (Wildman–Crippen MR) is 156 cm³/mol. The van der Waals surface area contributed by atoms with Gasteiger partial charge in [-0.1, -0.05) is 68.9 Å². The second-order valence-corrected chi connectivity index (χ2v) is 11.3. The normalized spacial score (nSPS) is 15.5. The fourth-order valence-corrected chi connectivity index (χ4v) is 6.20. The van der Waals surface area contributed by atoms with Crippen molar-refractivity contribution in [2.24, 2.45) is 4.99 Å². The third kappa shape index (κ3) is 5.60. The Bertz CT molecular complexity index is 1520. The number of benzene rings is 2. The molecule has 1 aromatic heterocycles. The molecule has 0 bridgehead atoms. The van der Waals surface area contributed by atoms with E-state index in [0.717, 1.165) is 26.9 Å². The minimum atomic E-state index is -0.601. The highest BCUT2D eigenvalue weighted by Crippen LogP contribution is 2.33. The first-order chi connectivity index (χ1) is 17.8. The van der Waals surface area contributed by atoms with Crippen LogP contribution in [0.2, 0.25) is 0 Å². The quantitative estimate of drug-likeness (QED) is 0.250.